The van der Waals surface area contributed by atoms with Gasteiger partial charge in [-0.25, -0.2) is 4.98 Å². The van der Waals surface area contributed by atoms with Gasteiger partial charge in [-0.3, -0.25) is 5.10 Å². The number of hydrogen-bond acceptors (Lipinski definition) is 3. The summed E-state index contributed by atoms with van der Waals surface area (Å²) in [6, 6.07) is 7.95. The zero-order valence-corrected chi connectivity index (χ0v) is 10.4. The molecule has 2 aromatic rings. The lowest BCUT2D eigenvalue weighted by atomic mass is 10.1. The van der Waals surface area contributed by atoms with Crippen LogP contribution < -0.4 is 4.74 Å². The van der Waals surface area contributed by atoms with Gasteiger partial charge in [0.25, 0.3) is 0 Å². The van der Waals surface area contributed by atoms with E-state index in [1.165, 1.54) is 0 Å². The molecule has 1 heterocycles. The number of benzene rings is 1. The van der Waals surface area contributed by atoms with Crippen LogP contribution >= 0.6 is 0 Å². The Bertz CT molecular complexity index is 491. The largest absolute Gasteiger partial charge is 0.496 e. The van der Waals surface area contributed by atoms with Crippen molar-refractivity contribution in [2.24, 2.45) is 0 Å². The third-order valence-corrected chi connectivity index (χ3v) is 2.62. The quantitative estimate of drug-likeness (QED) is 0.879. The van der Waals surface area contributed by atoms with E-state index in [0.717, 1.165) is 23.0 Å². The Labute approximate surface area is 101 Å². The third-order valence-electron chi connectivity index (χ3n) is 2.62. The summed E-state index contributed by atoms with van der Waals surface area (Å²) in [7, 11) is 1.68. The van der Waals surface area contributed by atoms with Crippen LogP contribution in [-0.4, -0.2) is 22.3 Å². The van der Waals surface area contributed by atoms with Crippen LogP contribution in [0.4, 0.5) is 0 Å². The molecular formula is C13H17N3O. The van der Waals surface area contributed by atoms with Gasteiger partial charge in [0.1, 0.15) is 11.6 Å². The van der Waals surface area contributed by atoms with Crippen molar-refractivity contribution >= 4 is 0 Å². The molecule has 0 unspecified atom stereocenters. The van der Waals surface area contributed by atoms with Gasteiger partial charge in [-0.15, -0.1) is 0 Å². The maximum atomic E-state index is 5.31. The maximum Gasteiger partial charge on any atom is 0.153 e. The molecule has 0 aliphatic rings. The number of ether oxygens (including phenoxy) is 1. The highest BCUT2D eigenvalue weighted by Crippen LogP contribution is 2.20. The van der Waals surface area contributed by atoms with Gasteiger partial charge < -0.3 is 4.74 Å². The van der Waals surface area contributed by atoms with Crippen molar-refractivity contribution in [3.05, 3.63) is 41.5 Å². The zero-order valence-electron chi connectivity index (χ0n) is 10.4. The first-order valence-corrected chi connectivity index (χ1v) is 5.73. The minimum atomic E-state index is 0.345. The number of aromatic amines is 1. The predicted octanol–water partition coefficient (Wildman–Crippen LogP) is 2.53. The van der Waals surface area contributed by atoms with Crippen LogP contribution in [0.1, 0.15) is 37.0 Å². The average molecular weight is 231 g/mol. The summed E-state index contributed by atoms with van der Waals surface area (Å²) in [5, 5.41) is 7.16. The summed E-state index contributed by atoms with van der Waals surface area (Å²) in [6.45, 7) is 4.16. The molecule has 0 spiro atoms. The Morgan fingerprint density at radius 1 is 1.29 bits per heavy atom. The Morgan fingerprint density at radius 3 is 2.71 bits per heavy atom. The Hall–Kier alpha value is -1.84. The minimum Gasteiger partial charge on any atom is -0.496 e. The normalized spacial score (nSPS) is 10.8. The van der Waals surface area contributed by atoms with Crippen molar-refractivity contribution in [2.45, 2.75) is 26.2 Å². The van der Waals surface area contributed by atoms with Crippen LogP contribution in [0, 0.1) is 0 Å². The SMILES string of the molecule is COc1ccccc1Cc1nc(C(C)C)n[nH]1. The van der Waals surface area contributed by atoms with Crippen molar-refractivity contribution in [1.29, 1.82) is 0 Å². The molecule has 1 aromatic carbocycles. The third kappa shape index (κ3) is 2.64. The van der Waals surface area contributed by atoms with E-state index in [9.17, 15) is 0 Å². The van der Waals surface area contributed by atoms with Gasteiger partial charge in [-0.2, -0.15) is 5.10 Å². The van der Waals surface area contributed by atoms with Gasteiger partial charge in [0.2, 0.25) is 0 Å². The van der Waals surface area contributed by atoms with Gasteiger partial charge in [-0.05, 0) is 6.07 Å². The van der Waals surface area contributed by atoms with Crippen LogP contribution in [-0.2, 0) is 6.42 Å². The molecule has 0 amide bonds. The molecule has 0 saturated heterocycles. The Balaban J connectivity index is 2.19. The standard InChI is InChI=1S/C13H17N3O/c1-9(2)13-14-12(15-16-13)8-10-6-4-5-7-11(10)17-3/h4-7,9H,8H2,1-3H3,(H,14,15,16). The molecule has 0 aliphatic heterocycles. The van der Waals surface area contributed by atoms with E-state index in [2.05, 4.69) is 29.0 Å². The molecule has 0 fully saturated rings. The minimum absolute atomic E-state index is 0.345. The smallest absolute Gasteiger partial charge is 0.153 e. The van der Waals surface area contributed by atoms with Crippen LogP contribution in [0.15, 0.2) is 24.3 Å². The molecule has 0 atom stereocenters. The average Bonchev–Trinajstić information content (AvgIpc) is 2.78. The van der Waals surface area contributed by atoms with Crippen LogP contribution in [0.5, 0.6) is 5.75 Å². The molecule has 0 saturated carbocycles. The van der Waals surface area contributed by atoms with Gasteiger partial charge >= 0.3 is 0 Å². The number of rotatable bonds is 4. The summed E-state index contributed by atoms with van der Waals surface area (Å²) in [6.07, 6.45) is 0.712. The number of aromatic nitrogens is 3. The predicted molar refractivity (Wildman–Crippen MR) is 66.3 cm³/mol. The zero-order chi connectivity index (χ0) is 12.3. The number of nitrogens with zero attached hydrogens (tertiary/aromatic N) is 2. The molecule has 4 heteroatoms. The lowest BCUT2D eigenvalue weighted by Gasteiger charge is -2.05. The summed E-state index contributed by atoms with van der Waals surface area (Å²) >= 11 is 0. The van der Waals surface area contributed by atoms with Gasteiger partial charge in [0, 0.05) is 17.9 Å². The molecule has 90 valence electrons. The first-order chi connectivity index (χ1) is 8.20. The van der Waals surface area contributed by atoms with E-state index >= 15 is 0 Å². The van der Waals surface area contributed by atoms with Gasteiger partial charge in [0.15, 0.2) is 5.82 Å². The molecule has 2 rings (SSSR count). The molecule has 1 N–H and O–H groups in total. The number of nitrogens with one attached hydrogen (secondary N) is 1. The van der Waals surface area contributed by atoms with E-state index in [1.54, 1.807) is 7.11 Å². The summed E-state index contributed by atoms with van der Waals surface area (Å²) < 4.78 is 5.31. The first-order valence-electron chi connectivity index (χ1n) is 5.73. The molecule has 17 heavy (non-hydrogen) atoms. The van der Waals surface area contributed by atoms with Crippen molar-refractivity contribution < 1.29 is 4.74 Å². The monoisotopic (exact) mass is 231 g/mol. The molecule has 1 aromatic heterocycles. The molecule has 4 nitrogen and oxygen atoms in total. The molecule has 0 radical (unpaired) electrons. The van der Waals surface area contributed by atoms with Crippen molar-refractivity contribution in [3.8, 4) is 5.75 Å². The maximum absolute atomic E-state index is 5.31. The first kappa shape index (κ1) is 11.6. The van der Waals surface area contributed by atoms with Crippen molar-refractivity contribution in [2.75, 3.05) is 7.11 Å². The van der Waals surface area contributed by atoms with Crippen LogP contribution in [0.2, 0.25) is 0 Å². The van der Waals surface area contributed by atoms with Crippen LogP contribution in [0.25, 0.3) is 0 Å². The van der Waals surface area contributed by atoms with E-state index in [-0.39, 0.29) is 0 Å². The topological polar surface area (TPSA) is 50.8 Å². The van der Waals surface area contributed by atoms with E-state index < -0.39 is 0 Å². The highest BCUT2D eigenvalue weighted by molar-refractivity contribution is 5.35. The fraction of sp³-hybridized carbons (Fsp3) is 0.385. The number of hydrogen-bond donors (Lipinski definition) is 1. The highest BCUT2D eigenvalue weighted by atomic mass is 16.5. The van der Waals surface area contributed by atoms with E-state index in [0.29, 0.717) is 12.3 Å². The lowest BCUT2D eigenvalue weighted by molar-refractivity contribution is 0.410. The summed E-state index contributed by atoms with van der Waals surface area (Å²) in [5.41, 5.74) is 1.11. The molecule has 0 bridgehead atoms. The fourth-order valence-corrected chi connectivity index (χ4v) is 1.68. The lowest BCUT2D eigenvalue weighted by Crippen LogP contribution is -1.95. The number of methoxy groups -OCH3 is 1. The van der Waals surface area contributed by atoms with Crippen molar-refractivity contribution in [1.82, 2.24) is 15.2 Å². The second-order valence-corrected chi connectivity index (χ2v) is 4.28. The summed E-state index contributed by atoms with van der Waals surface area (Å²) in [4.78, 5) is 4.46. The van der Waals surface area contributed by atoms with Crippen LogP contribution in [0.3, 0.4) is 0 Å². The Morgan fingerprint density at radius 2 is 2.06 bits per heavy atom. The second kappa shape index (κ2) is 4.99. The van der Waals surface area contributed by atoms with Gasteiger partial charge in [-0.1, -0.05) is 32.0 Å². The Kier molecular flexibility index (Phi) is 3.42. The number of H-pyrrole nitrogens is 1. The number of para-hydroxylation sites is 1. The second-order valence-electron chi connectivity index (χ2n) is 4.28. The van der Waals surface area contributed by atoms with Gasteiger partial charge in [0.05, 0.1) is 7.11 Å². The summed E-state index contributed by atoms with van der Waals surface area (Å²) in [5.74, 6) is 2.96. The molecular weight excluding hydrogens is 214 g/mol. The van der Waals surface area contributed by atoms with Crippen molar-refractivity contribution in [3.63, 3.8) is 0 Å². The van der Waals surface area contributed by atoms with E-state index in [1.807, 2.05) is 24.3 Å². The molecule has 0 aliphatic carbocycles. The highest BCUT2D eigenvalue weighted by Gasteiger charge is 2.09. The van der Waals surface area contributed by atoms with E-state index in [4.69, 9.17) is 4.74 Å². The fourth-order valence-electron chi connectivity index (χ4n) is 1.68.